The highest BCUT2D eigenvalue weighted by Crippen LogP contribution is 2.29. The molecule has 1 amide bonds. The smallest absolute Gasteiger partial charge is 0.251 e. The number of carbonyl (C=O) groups excluding carboxylic acids is 1. The molecule has 6 nitrogen and oxygen atoms in total. The monoisotopic (exact) mass is 307 g/mol. The lowest BCUT2D eigenvalue weighted by Gasteiger charge is -2.02. The van der Waals surface area contributed by atoms with Gasteiger partial charge in [0.15, 0.2) is 5.82 Å². The topological polar surface area (TPSA) is 86.7 Å². The van der Waals surface area contributed by atoms with Gasteiger partial charge in [0, 0.05) is 11.1 Å². The molecule has 0 aliphatic carbocycles. The number of nitrogens with zero attached hydrogens (tertiary/aromatic N) is 4. The fourth-order valence-corrected chi connectivity index (χ4v) is 3.02. The highest BCUT2D eigenvalue weighted by Gasteiger charge is 2.14. The van der Waals surface area contributed by atoms with Crippen LogP contribution in [-0.2, 0) is 6.42 Å². The molecule has 0 saturated heterocycles. The lowest BCUT2D eigenvalue weighted by molar-refractivity contribution is 0.100. The Morgan fingerprint density at radius 3 is 2.95 bits per heavy atom. The van der Waals surface area contributed by atoms with Gasteiger partial charge in [-0.2, -0.15) is 10.1 Å². The first-order chi connectivity index (χ1) is 9.58. The Morgan fingerprint density at radius 2 is 2.30 bits per heavy atom. The van der Waals surface area contributed by atoms with E-state index in [0.717, 1.165) is 16.6 Å². The van der Waals surface area contributed by atoms with Crippen LogP contribution in [0.2, 0.25) is 5.28 Å². The predicted octanol–water partition coefficient (Wildman–Crippen LogP) is 2.19. The summed E-state index contributed by atoms with van der Waals surface area (Å²) in [7, 11) is 0. The van der Waals surface area contributed by atoms with Crippen molar-refractivity contribution in [1.82, 2.24) is 19.7 Å². The normalized spacial score (nSPS) is 11.1. The van der Waals surface area contributed by atoms with Crippen molar-refractivity contribution in [3.05, 3.63) is 34.2 Å². The zero-order valence-corrected chi connectivity index (χ0v) is 12.1. The van der Waals surface area contributed by atoms with E-state index >= 15 is 0 Å². The van der Waals surface area contributed by atoms with Crippen LogP contribution in [0, 0.1) is 0 Å². The van der Waals surface area contributed by atoms with E-state index in [1.807, 2.05) is 6.07 Å². The maximum Gasteiger partial charge on any atom is 0.251 e. The van der Waals surface area contributed by atoms with Crippen LogP contribution in [0.5, 0.6) is 0 Å². The van der Waals surface area contributed by atoms with Crippen molar-refractivity contribution in [3.8, 4) is 5.82 Å². The van der Waals surface area contributed by atoms with Gasteiger partial charge in [0.1, 0.15) is 4.83 Å². The summed E-state index contributed by atoms with van der Waals surface area (Å²) in [5.41, 5.74) is 5.54. The van der Waals surface area contributed by atoms with E-state index in [2.05, 4.69) is 22.0 Å². The minimum Gasteiger partial charge on any atom is -0.366 e. The summed E-state index contributed by atoms with van der Waals surface area (Å²) >= 11 is 7.51. The molecule has 0 atom stereocenters. The van der Waals surface area contributed by atoms with E-state index in [-0.39, 0.29) is 5.28 Å². The average Bonchev–Trinajstić information content (AvgIpc) is 3.03. The van der Waals surface area contributed by atoms with E-state index in [1.54, 1.807) is 11.3 Å². The molecule has 0 radical (unpaired) electrons. The highest BCUT2D eigenvalue weighted by molar-refractivity contribution is 7.18. The van der Waals surface area contributed by atoms with Crippen molar-refractivity contribution < 1.29 is 4.79 Å². The van der Waals surface area contributed by atoms with E-state index < -0.39 is 5.91 Å². The molecule has 20 heavy (non-hydrogen) atoms. The van der Waals surface area contributed by atoms with E-state index in [9.17, 15) is 4.79 Å². The number of primary amides is 1. The Hall–Kier alpha value is -1.99. The average molecular weight is 308 g/mol. The van der Waals surface area contributed by atoms with Gasteiger partial charge in [0.25, 0.3) is 5.91 Å². The van der Waals surface area contributed by atoms with Gasteiger partial charge in [-0.25, -0.2) is 9.67 Å². The van der Waals surface area contributed by atoms with Crippen molar-refractivity contribution in [2.45, 2.75) is 13.3 Å². The summed E-state index contributed by atoms with van der Waals surface area (Å²) in [6.45, 7) is 2.07. The third-order valence-electron chi connectivity index (χ3n) is 2.83. The van der Waals surface area contributed by atoms with Crippen LogP contribution in [0.25, 0.3) is 16.0 Å². The molecule has 3 heterocycles. The first-order valence-electron chi connectivity index (χ1n) is 5.89. The summed E-state index contributed by atoms with van der Waals surface area (Å²) < 4.78 is 1.49. The van der Waals surface area contributed by atoms with Crippen LogP contribution >= 0.6 is 22.9 Å². The van der Waals surface area contributed by atoms with Gasteiger partial charge in [-0.1, -0.05) is 6.92 Å². The lowest BCUT2D eigenvalue weighted by atomic mass is 10.3. The largest absolute Gasteiger partial charge is 0.366 e. The summed E-state index contributed by atoms with van der Waals surface area (Å²) in [5.74, 6) is 0.00987. The number of fused-ring (bicyclic) bond motifs is 1. The molecule has 102 valence electrons. The van der Waals surface area contributed by atoms with Gasteiger partial charge in [0.05, 0.1) is 17.1 Å². The number of nitrogens with two attached hydrogens (primary N) is 1. The predicted molar refractivity (Wildman–Crippen MR) is 77.4 cm³/mol. The van der Waals surface area contributed by atoms with E-state index in [1.165, 1.54) is 22.0 Å². The Labute approximate surface area is 123 Å². The summed E-state index contributed by atoms with van der Waals surface area (Å²) in [4.78, 5) is 21.5. The van der Waals surface area contributed by atoms with Gasteiger partial charge in [-0.05, 0) is 24.1 Å². The molecule has 0 aromatic carbocycles. The van der Waals surface area contributed by atoms with Gasteiger partial charge in [-0.15, -0.1) is 11.3 Å². The molecule has 3 aromatic heterocycles. The maximum atomic E-state index is 11.1. The molecule has 8 heteroatoms. The van der Waals surface area contributed by atoms with Gasteiger partial charge >= 0.3 is 0 Å². The Bertz CT molecular complexity index is 809. The number of hydrogen-bond acceptors (Lipinski definition) is 5. The lowest BCUT2D eigenvalue weighted by Crippen LogP contribution is -2.09. The molecular formula is C12H10ClN5OS. The van der Waals surface area contributed by atoms with Crippen molar-refractivity contribution in [2.75, 3.05) is 0 Å². The van der Waals surface area contributed by atoms with Crippen LogP contribution in [0.15, 0.2) is 18.5 Å². The van der Waals surface area contributed by atoms with Crippen LogP contribution in [0.1, 0.15) is 22.2 Å². The molecule has 3 aromatic rings. The maximum absolute atomic E-state index is 11.1. The van der Waals surface area contributed by atoms with E-state index in [0.29, 0.717) is 11.4 Å². The zero-order chi connectivity index (χ0) is 14.3. The fourth-order valence-electron chi connectivity index (χ4n) is 1.85. The van der Waals surface area contributed by atoms with Gasteiger partial charge < -0.3 is 5.73 Å². The van der Waals surface area contributed by atoms with Gasteiger partial charge in [-0.3, -0.25) is 4.79 Å². The fraction of sp³-hybridized carbons (Fsp3) is 0.167. The molecule has 0 spiro atoms. The van der Waals surface area contributed by atoms with Crippen molar-refractivity contribution in [1.29, 1.82) is 0 Å². The number of aromatic nitrogens is 4. The number of amides is 1. The third kappa shape index (κ3) is 2.14. The Balaban J connectivity index is 2.22. The second-order valence-corrected chi connectivity index (χ2v) is 5.59. The molecule has 0 aliphatic rings. The van der Waals surface area contributed by atoms with Crippen molar-refractivity contribution >= 4 is 39.1 Å². The minimum absolute atomic E-state index is 0.146. The number of aryl methyl sites for hydroxylation is 1. The molecule has 3 rings (SSSR count). The van der Waals surface area contributed by atoms with Crippen LogP contribution in [-0.4, -0.2) is 25.7 Å². The quantitative estimate of drug-likeness (QED) is 0.751. The summed E-state index contributed by atoms with van der Waals surface area (Å²) in [6, 6.07) is 2.01. The minimum atomic E-state index is -0.535. The number of thiophene rings is 1. The second kappa shape index (κ2) is 4.84. The standard InChI is InChI=1S/C12H10ClN5OS/c1-2-7-3-8-10(16-12(13)17-11(8)20-7)18-5-6(4-15-18)9(14)19/h3-5H,2H2,1H3,(H2,14,19). The molecule has 0 saturated carbocycles. The van der Waals surface area contributed by atoms with Crippen LogP contribution in [0.4, 0.5) is 0 Å². The Morgan fingerprint density at radius 1 is 1.50 bits per heavy atom. The molecular weight excluding hydrogens is 298 g/mol. The molecule has 0 bridgehead atoms. The second-order valence-electron chi connectivity index (χ2n) is 4.14. The number of hydrogen-bond donors (Lipinski definition) is 1. The molecule has 0 unspecified atom stereocenters. The molecule has 0 aliphatic heterocycles. The highest BCUT2D eigenvalue weighted by atomic mass is 35.5. The zero-order valence-electron chi connectivity index (χ0n) is 10.5. The van der Waals surface area contributed by atoms with Crippen LogP contribution in [0.3, 0.4) is 0 Å². The Kier molecular flexibility index (Phi) is 3.15. The van der Waals surface area contributed by atoms with Crippen molar-refractivity contribution in [2.24, 2.45) is 5.73 Å². The number of halogens is 1. The first-order valence-corrected chi connectivity index (χ1v) is 7.08. The van der Waals surface area contributed by atoms with Crippen molar-refractivity contribution in [3.63, 3.8) is 0 Å². The molecule has 0 fully saturated rings. The number of rotatable bonds is 3. The van der Waals surface area contributed by atoms with Gasteiger partial charge in [0.2, 0.25) is 5.28 Å². The van der Waals surface area contributed by atoms with Crippen LogP contribution < -0.4 is 5.73 Å². The third-order valence-corrected chi connectivity index (χ3v) is 4.17. The summed E-state index contributed by atoms with van der Waals surface area (Å²) in [6.07, 6.45) is 3.84. The molecule has 2 N–H and O–H groups in total. The number of carbonyl (C=O) groups is 1. The van der Waals surface area contributed by atoms with E-state index in [4.69, 9.17) is 17.3 Å². The SMILES string of the molecule is CCc1cc2c(-n3cc(C(N)=O)cn3)nc(Cl)nc2s1. The first kappa shape index (κ1) is 13.0. The summed E-state index contributed by atoms with van der Waals surface area (Å²) in [5, 5.41) is 5.11.